The van der Waals surface area contributed by atoms with E-state index >= 15 is 0 Å². The van der Waals surface area contributed by atoms with Gasteiger partial charge in [0.2, 0.25) is 5.13 Å². The van der Waals surface area contributed by atoms with E-state index < -0.39 is 0 Å². The molecule has 5 rings (SSSR count). The first-order chi connectivity index (χ1) is 15.8. The third-order valence-electron chi connectivity index (χ3n) is 4.95. The number of pyridine rings is 2. The Labute approximate surface area is 194 Å². The van der Waals surface area contributed by atoms with Crippen LogP contribution < -0.4 is 15.4 Å². The van der Waals surface area contributed by atoms with Crippen molar-refractivity contribution in [3.05, 3.63) is 72.8 Å². The van der Waals surface area contributed by atoms with Crippen molar-refractivity contribution in [2.45, 2.75) is 35.2 Å². The number of benzene rings is 1. The molecule has 1 saturated heterocycles. The molecular formula is C23H22N6OS2. The Bertz CT molecular complexity index is 1150. The van der Waals surface area contributed by atoms with Crippen molar-refractivity contribution >= 4 is 34.2 Å². The molecule has 0 amide bonds. The van der Waals surface area contributed by atoms with E-state index in [0.717, 1.165) is 34.5 Å². The molecular weight excluding hydrogens is 440 g/mol. The Kier molecular flexibility index (Phi) is 6.57. The van der Waals surface area contributed by atoms with Crippen molar-refractivity contribution in [1.82, 2.24) is 24.6 Å². The van der Waals surface area contributed by atoms with Crippen LogP contribution in [0.15, 0.2) is 76.9 Å². The molecule has 2 N–H and O–H groups in total. The summed E-state index contributed by atoms with van der Waals surface area (Å²) in [5.74, 6) is 2.79. The number of hydrogen-bond donors (Lipinski definition) is 2. The molecule has 1 aromatic carbocycles. The zero-order chi connectivity index (χ0) is 21.6. The van der Waals surface area contributed by atoms with Crippen LogP contribution >= 0.6 is 23.3 Å². The predicted molar refractivity (Wildman–Crippen MR) is 127 cm³/mol. The lowest BCUT2D eigenvalue weighted by molar-refractivity contribution is 0.400. The lowest BCUT2D eigenvalue weighted by Gasteiger charge is -2.20. The Morgan fingerprint density at radius 1 is 1.06 bits per heavy atom. The number of anilines is 2. The number of ether oxygens (including phenoxy) is 1. The fraction of sp³-hybridized carbons (Fsp3) is 0.217. The van der Waals surface area contributed by atoms with E-state index in [2.05, 4.69) is 25.0 Å². The molecule has 1 aliphatic rings. The van der Waals surface area contributed by atoms with Gasteiger partial charge in [-0.2, -0.15) is 4.37 Å². The molecule has 1 unspecified atom stereocenters. The summed E-state index contributed by atoms with van der Waals surface area (Å²) >= 11 is 2.87. The summed E-state index contributed by atoms with van der Waals surface area (Å²) in [5, 5.41) is 8.39. The van der Waals surface area contributed by atoms with E-state index in [9.17, 15) is 0 Å². The second-order valence-electron chi connectivity index (χ2n) is 7.29. The van der Waals surface area contributed by atoms with Gasteiger partial charge in [0.25, 0.3) is 0 Å². The molecule has 0 spiro atoms. The standard InChI is InChI=1S/C23H22N6OS2/c1-2-8-16(9-3-1)30-19-14-17(31-20-11-5-7-13-25-20)15-26-22(19)28-23-27-21(29-32-23)18-10-4-6-12-24-18/h1-3,5,7-9,11,13-15,18,24H,4,6,10,12H2,(H,26,27,28,29). The van der Waals surface area contributed by atoms with Crippen LogP contribution in [0.4, 0.5) is 10.9 Å². The monoisotopic (exact) mass is 462 g/mol. The number of nitrogens with one attached hydrogen (secondary N) is 2. The van der Waals surface area contributed by atoms with Gasteiger partial charge >= 0.3 is 0 Å². The highest BCUT2D eigenvalue weighted by molar-refractivity contribution is 7.99. The van der Waals surface area contributed by atoms with E-state index in [-0.39, 0.29) is 6.04 Å². The lowest BCUT2D eigenvalue weighted by atomic mass is 10.0. The molecule has 162 valence electrons. The summed E-state index contributed by atoms with van der Waals surface area (Å²) in [5.41, 5.74) is 0. The Morgan fingerprint density at radius 2 is 1.97 bits per heavy atom. The molecule has 0 aliphatic carbocycles. The van der Waals surface area contributed by atoms with E-state index in [1.54, 1.807) is 6.20 Å². The van der Waals surface area contributed by atoms with Gasteiger partial charge in [0.15, 0.2) is 17.4 Å². The smallest absolute Gasteiger partial charge is 0.208 e. The number of para-hydroxylation sites is 1. The molecule has 4 heterocycles. The number of hydrogen-bond acceptors (Lipinski definition) is 9. The van der Waals surface area contributed by atoms with Crippen LogP contribution in [0.3, 0.4) is 0 Å². The molecule has 0 bridgehead atoms. The van der Waals surface area contributed by atoms with Gasteiger partial charge in [-0.1, -0.05) is 42.4 Å². The average Bonchev–Trinajstić information content (AvgIpc) is 3.31. The van der Waals surface area contributed by atoms with Crippen molar-refractivity contribution in [2.24, 2.45) is 0 Å². The fourth-order valence-electron chi connectivity index (χ4n) is 3.40. The van der Waals surface area contributed by atoms with E-state index in [0.29, 0.717) is 16.7 Å². The normalized spacial score (nSPS) is 15.9. The number of aromatic nitrogens is 4. The van der Waals surface area contributed by atoms with Crippen LogP contribution in [-0.4, -0.2) is 25.9 Å². The maximum atomic E-state index is 6.17. The topological polar surface area (TPSA) is 84.9 Å². The minimum Gasteiger partial charge on any atom is -0.453 e. The van der Waals surface area contributed by atoms with Gasteiger partial charge < -0.3 is 15.4 Å². The fourth-order valence-corrected chi connectivity index (χ4v) is 4.80. The second kappa shape index (κ2) is 10.1. The summed E-state index contributed by atoms with van der Waals surface area (Å²) < 4.78 is 10.7. The van der Waals surface area contributed by atoms with E-state index in [4.69, 9.17) is 9.72 Å². The van der Waals surface area contributed by atoms with Crippen LogP contribution in [0.1, 0.15) is 31.1 Å². The third kappa shape index (κ3) is 5.24. The number of rotatable bonds is 7. The van der Waals surface area contributed by atoms with Gasteiger partial charge in [-0.15, -0.1) is 0 Å². The largest absolute Gasteiger partial charge is 0.453 e. The van der Waals surface area contributed by atoms with Crippen molar-refractivity contribution in [2.75, 3.05) is 11.9 Å². The number of nitrogens with zero attached hydrogens (tertiary/aromatic N) is 4. The second-order valence-corrected chi connectivity index (χ2v) is 9.13. The van der Waals surface area contributed by atoms with Crippen LogP contribution in [0.5, 0.6) is 11.5 Å². The van der Waals surface area contributed by atoms with Crippen LogP contribution in [0.2, 0.25) is 0 Å². The number of piperidine rings is 1. The quantitative estimate of drug-likeness (QED) is 0.355. The van der Waals surface area contributed by atoms with Crippen LogP contribution in [0, 0.1) is 0 Å². The molecule has 9 heteroatoms. The van der Waals surface area contributed by atoms with Crippen molar-refractivity contribution < 1.29 is 4.74 Å². The molecule has 1 aliphatic heterocycles. The molecule has 4 aromatic rings. The third-order valence-corrected chi connectivity index (χ3v) is 6.50. The Hall–Kier alpha value is -3.01. The first-order valence-electron chi connectivity index (χ1n) is 10.5. The molecule has 32 heavy (non-hydrogen) atoms. The summed E-state index contributed by atoms with van der Waals surface area (Å²) in [6.07, 6.45) is 7.06. The highest BCUT2D eigenvalue weighted by Crippen LogP contribution is 2.36. The molecule has 0 saturated carbocycles. The van der Waals surface area contributed by atoms with Gasteiger partial charge in [-0.05, 0) is 43.7 Å². The zero-order valence-electron chi connectivity index (χ0n) is 17.3. The summed E-state index contributed by atoms with van der Waals surface area (Å²) in [7, 11) is 0. The van der Waals surface area contributed by atoms with Crippen LogP contribution in [0.25, 0.3) is 0 Å². The summed E-state index contributed by atoms with van der Waals surface area (Å²) in [6, 6.07) is 17.7. The molecule has 3 aromatic heterocycles. The van der Waals surface area contributed by atoms with Crippen molar-refractivity contribution in [3.8, 4) is 11.5 Å². The van der Waals surface area contributed by atoms with Gasteiger partial charge in [-0.25, -0.2) is 15.0 Å². The lowest BCUT2D eigenvalue weighted by Crippen LogP contribution is -2.27. The average molecular weight is 463 g/mol. The van der Waals surface area contributed by atoms with Crippen molar-refractivity contribution in [3.63, 3.8) is 0 Å². The highest BCUT2D eigenvalue weighted by atomic mass is 32.2. The minimum absolute atomic E-state index is 0.223. The Morgan fingerprint density at radius 3 is 2.78 bits per heavy atom. The van der Waals surface area contributed by atoms with E-state index in [1.807, 2.05) is 60.8 Å². The van der Waals surface area contributed by atoms with Gasteiger partial charge in [0.05, 0.1) is 6.04 Å². The van der Waals surface area contributed by atoms with Gasteiger partial charge in [0.1, 0.15) is 10.8 Å². The molecule has 1 atom stereocenters. The Balaban J connectivity index is 1.39. The van der Waals surface area contributed by atoms with E-state index in [1.165, 1.54) is 36.1 Å². The zero-order valence-corrected chi connectivity index (χ0v) is 18.9. The predicted octanol–water partition coefficient (Wildman–Crippen LogP) is 5.83. The van der Waals surface area contributed by atoms with Gasteiger partial charge in [-0.3, -0.25) is 0 Å². The molecule has 1 fully saturated rings. The first-order valence-corrected chi connectivity index (χ1v) is 12.1. The van der Waals surface area contributed by atoms with Crippen LogP contribution in [-0.2, 0) is 0 Å². The maximum Gasteiger partial charge on any atom is 0.208 e. The first kappa shape index (κ1) is 20.9. The maximum absolute atomic E-state index is 6.17. The molecule has 0 radical (unpaired) electrons. The summed E-state index contributed by atoms with van der Waals surface area (Å²) in [4.78, 5) is 14.6. The molecule has 7 nitrogen and oxygen atoms in total. The minimum atomic E-state index is 0.223. The SMILES string of the molecule is c1ccc(Oc2cc(Sc3ccccn3)cnc2Nc2nc(C3CCCCN3)ns2)cc1. The highest BCUT2D eigenvalue weighted by Gasteiger charge is 2.20. The van der Waals surface area contributed by atoms with Crippen molar-refractivity contribution in [1.29, 1.82) is 0 Å². The summed E-state index contributed by atoms with van der Waals surface area (Å²) in [6.45, 7) is 1.01. The van der Waals surface area contributed by atoms with Gasteiger partial charge in [0, 0.05) is 34.9 Å².